The van der Waals surface area contributed by atoms with Crippen LogP contribution in [0, 0.1) is 6.92 Å². The summed E-state index contributed by atoms with van der Waals surface area (Å²) in [7, 11) is 3.69. The summed E-state index contributed by atoms with van der Waals surface area (Å²) in [5.74, 6) is 1.59. The van der Waals surface area contributed by atoms with Gasteiger partial charge >= 0.3 is 0 Å². The van der Waals surface area contributed by atoms with Gasteiger partial charge in [-0.1, -0.05) is 0 Å². The number of hydrogen-bond donors (Lipinski definition) is 1. The number of nitrogens with zero attached hydrogens (tertiary/aromatic N) is 6. The summed E-state index contributed by atoms with van der Waals surface area (Å²) >= 11 is 0. The molecular weight excluding hydrogens is 406 g/mol. The number of aromatic nitrogens is 6. The standard InChI is InChI=1S/C23H29N7O2/c1-15-25-20-9-8-19(27-22(20)29(15)2)18-10-11-30-21(18)14-24-23(28-30)26-16-4-6-17(7-5-16)32-13-12-31-3/h8-11,14,16-17H,4-7,12-13H2,1-3H3,(H,26,28). The van der Waals surface area contributed by atoms with E-state index in [1.807, 2.05) is 53.6 Å². The van der Waals surface area contributed by atoms with Gasteiger partial charge in [-0.3, -0.25) is 0 Å². The fourth-order valence-electron chi connectivity index (χ4n) is 4.37. The topological polar surface area (TPSA) is 91.4 Å². The molecule has 1 fully saturated rings. The summed E-state index contributed by atoms with van der Waals surface area (Å²) < 4.78 is 14.8. The summed E-state index contributed by atoms with van der Waals surface area (Å²) in [4.78, 5) is 14.0. The quantitative estimate of drug-likeness (QED) is 0.445. The van der Waals surface area contributed by atoms with E-state index in [9.17, 15) is 0 Å². The van der Waals surface area contributed by atoms with Gasteiger partial charge in [-0.2, -0.15) is 0 Å². The van der Waals surface area contributed by atoms with Crippen molar-refractivity contribution in [3.8, 4) is 11.3 Å². The Labute approximate surface area is 186 Å². The first-order valence-electron chi connectivity index (χ1n) is 11.1. The van der Waals surface area contributed by atoms with Gasteiger partial charge in [0.1, 0.15) is 11.3 Å². The van der Waals surface area contributed by atoms with E-state index in [1.54, 1.807) is 7.11 Å². The molecule has 1 N–H and O–H groups in total. The van der Waals surface area contributed by atoms with E-state index in [-0.39, 0.29) is 0 Å². The molecule has 0 spiro atoms. The Bertz CT molecular complexity index is 1220. The third-order valence-electron chi connectivity index (χ3n) is 6.28. The number of aryl methyl sites for hydroxylation is 2. The summed E-state index contributed by atoms with van der Waals surface area (Å²) in [6.07, 6.45) is 8.32. The Morgan fingerprint density at radius 2 is 1.94 bits per heavy atom. The van der Waals surface area contributed by atoms with Gasteiger partial charge in [0, 0.05) is 32.0 Å². The molecule has 0 aliphatic heterocycles. The molecule has 1 aliphatic rings. The Balaban J connectivity index is 1.29. The normalized spacial score (nSPS) is 19.1. The van der Waals surface area contributed by atoms with Crippen molar-refractivity contribution in [2.24, 2.45) is 7.05 Å². The van der Waals surface area contributed by atoms with Gasteiger partial charge in [0.2, 0.25) is 5.95 Å². The first kappa shape index (κ1) is 20.8. The van der Waals surface area contributed by atoms with E-state index < -0.39 is 0 Å². The molecular formula is C23H29N7O2. The molecule has 4 aromatic rings. The van der Waals surface area contributed by atoms with Gasteiger partial charge in [0.25, 0.3) is 0 Å². The number of fused-ring (bicyclic) bond motifs is 2. The lowest BCUT2D eigenvalue weighted by Gasteiger charge is -2.29. The molecule has 1 aliphatic carbocycles. The fourth-order valence-corrected chi connectivity index (χ4v) is 4.37. The van der Waals surface area contributed by atoms with Crippen molar-refractivity contribution in [1.82, 2.24) is 29.1 Å². The van der Waals surface area contributed by atoms with Crippen molar-refractivity contribution < 1.29 is 9.47 Å². The van der Waals surface area contributed by atoms with E-state index in [2.05, 4.69) is 20.4 Å². The highest BCUT2D eigenvalue weighted by Gasteiger charge is 2.22. The van der Waals surface area contributed by atoms with E-state index in [0.717, 1.165) is 59.4 Å². The van der Waals surface area contributed by atoms with Crippen LogP contribution in [-0.4, -0.2) is 61.6 Å². The van der Waals surface area contributed by atoms with Crippen LogP contribution in [0.1, 0.15) is 31.5 Å². The predicted octanol–water partition coefficient (Wildman–Crippen LogP) is 3.37. The molecule has 32 heavy (non-hydrogen) atoms. The molecule has 0 atom stereocenters. The van der Waals surface area contributed by atoms with Gasteiger partial charge in [-0.15, -0.1) is 5.10 Å². The van der Waals surface area contributed by atoms with Gasteiger partial charge in [0.15, 0.2) is 5.65 Å². The number of methoxy groups -OCH3 is 1. The SMILES string of the molecule is COCCOC1CCC(Nc2ncc3c(-c4ccc5nc(C)n(C)c5n4)ccn3n2)CC1. The van der Waals surface area contributed by atoms with Crippen LogP contribution in [0.25, 0.3) is 27.9 Å². The molecule has 5 rings (SSSR count). The maximum atomic E-state index is 5.86. The zero-order valence-corrected chi connectivity index (χ0v) is 18.8. The molecule has 9 heteroatoms. The maximum Gasteiger partial charge on any atom is 0.241 e. The molecule has 0 saturated heterocycles. The first-order chi connectivity index (χ1) is 15.6. The predicted molar refractivity (Wildman–Crippen MR) is 123 cm³/mol. The van der Waals surface area contributed by atoms with Crippen molar-refractivity contribution >= 4 is 22.6 Å². The molecule has 4 aromatic heterocycles. The highest BCUT2D eigenvalue weighted by Crippen LogP contribution is 2.27. The zero-order chi connectivity index (χ0) is 22.1. The maximum absolute atomic E-state index is 5.86. The van der Waals surface area contributed by atoms with E-state index in [0.29, 0.717) is 31.3 Å². The average Bonchev–Trinajstić information content (AvgIpc) is 3.35. The van der Waals surface area contributed by atoms with Gasteiger partial charge in [-0.25, -0.2) is 19.5 Å². The van der Waals surface area contributed by atoms with Gasteiger partial charge < -0.3 is 19.4 Å². The minimum Gasteiger partial charge on any atom is -0.382 e. The van der Waals surface area contributed by atoms with E-state index >= 15 is 0 Å². The summed E-state index contributed by atoms with van der Waals surface area (Å²) in [6, 6.07) is 6.42. The molecule has 9 nitrogen and oxygen atoms in total. The largest absolute Gasteiger partial charge is 0.382 e. The summed E-state index contributed by atoms with van der Waals surface area (Å²) in [5, 5.41) is 8.17. The Kier molecular flexibility index (Phi) is 5.75. The number of rotatable bonds is 7. The van der Waals surface area contributed by atoms with Crippen LogP contribution in [0.2, 0.25) is 0 Å². The van der Waals surface area contributed by atoms with Crippen LogP contribution >= 0.6 is 0 Å². The minimum atomic E-state index is 0.326. The Morgan fingerprint density at radius 1 is 1.09 bits per heavy atom. The third kappa shape index (κ3) is 4.05. The number of anilines is 1. The van der Waals surface area contributed by atoms with Gasteiger partial charge in [0.05, 0.1) is 36.7 Å². The van der Waals surface area contributed by atoms with E-state index in [4.69, 9.17) is 14.5 Å². The Morgan fingerprint density at radius 3 is 2.75 bits per heavy atom. The Hall–Kier alpha value is -3.04. The smallest absolute Gasteiger partial charge is 0.241 e. The van der Waals surface area contributed by atoms with Crippen LogP contribution in [0.3, 0.4) is 0 Å². The second kappa shape index (κ2) is 8.84. The van der Waals surface area contributed by atoms with Crippen LogP contribution in [0.5, 0.6) is 0 Å². The average molecular weight is 436 g/mol. The van der Waals surface area contributed by atoms with Crippen molar-refractivity contribution in [3.05, 3.63) is 36.4 Å². The van der Waals surface area contributed by atoms with Crippen molar-refractivity contribution in [3.63, 3.8) is 0 Å². The third-order valence-corrected chi connectivity index (χ3v) is 6.28. The minimum absolute atomic E-state index is 0.326. The second-order valence-electron chi connectivity index (χ2n) is 8.38. The van der Waals surface area contributed by atoms with Crippen LogP contribution in [-0.2, 0) is 16.5 Å². The van der Waals surface area contributed by atoms with E-state index in [1.165, 1.54) is 0 Å². The molecule has 4 heterocycles. The molecule has 0 bridgehead atoms. The molecule has 0 amide bonds. The monoisotopic (exact) mass is 435 g/mol. The first-order valence-corrected chi connectivity index (χ1v) is 11.1. The lowest BCUT2D eigenvalue weighted by molar-refractivity contribution is -0.00158. The number of nitrogens with one attached hydrogen (secondary N) is 1. The number of ether oxygens (including phenoxy) is 2. The molecule has 0 radical (unpaired) electrons. The summed E-state index contributed by atoms with van der Waals surface area (Å²) in [6.45, 7) is 3.30. The van der Waals surface area contributed by atoms with Crippen LogP contribution < -0.4 is 5.32 Å². The highest BCUT2D eigenvalue weighted by molar-refractivity contribution is 5.82. The fraction of sp³-hybridized carbons (Fsp3) is 0.478. The lowest BCUT2D eigenvalue weighted by Crippen LogP contribution is -2.31. The van der Waals surface area contributed by atoms with Crippen LogP contribution in [0.4, 0.5) is 5.95 Å². The summed E-state index contributed by atoms with van der Waals surface area (Å²) in [5.41, 5.74) is 4.60. The van der Waals surface area contributed by atoms with Crippen molar-refractivity contribution in [1.29, 1.82) is 0 Å². The van der Waals surface area contributed by atoms with Crippen molar-refractivity contribution in [2.45, 2.75) is 44.8 Å². The highest BCUT2D eigenvalue weighted by atomic mass is 16.5. The molecule has 1 saturated carbocycles. The second-order valence-corrected chi connectivity index (χ2v) is 8.38. The number of hydrogen-bond acceptors (Lipinski definition) is 7. The van der Waals surface area contributed by atoms with Gasteiger partial charge in [-0.05, 0) is 50.8 Å². The zero-order valence-electron chi connectivity index (χ0n) is 18.8. The van der Waals surface area contributed by atoms with Crippen molar-refractivity contribution in [2.75, 3.05) is 25.6 Å². The number of imidazole rings is 1. The molecule has 0 aromatic carbocycles. The van der Waals surface area contributed by atoms with Crippen LogP contribution in [0.15, 0.2) is 30.6 Å². The lowest BCUT2D eigenvalue weighted by atomic mass is 9.93. The molecule has 168 valence electrons. The molecule has 0 unspecified atom stereocenters. The number of pyridine rings is 1.